The minimum atomic E-state index is -4.42. The van der Waals surface area contributed by atoms with Crippen molar-refractivity contribution in [2.45, 2.75) is 192 Å². The number of nitrogen functional groups attached to an aromatic ring is 2. The van der Waals surface area contributed by atoms with E-state index in [4.69, 9.17) is 34.5 Å². The first-order valence-corrected chi connectivity index (χ1v) is 34.7. The van der Waals surface area contributed by atoms with E-state index in [0.717, 1.165) is 48.5 Å². The van der Waals surface area contributed by atoms with E-state index in [1.807, 2.05) is 0 Å². The average molecular weight is 1160 g/mol. The minimum absolute atomic E-state index is 0. The summed E-state index contributed by atoms with van der Waals surface area (Å²) in [7, 11) is -14.3. The van der Waals surface area contributed by atoms with E-state index in [9.17, 15) is 45.6 Å². The fourth-order valence-electron chi connectivity index (χ4n) is 9.02. The van der Waals surface area contributed by atoms with E-state index in [0.29, 0.717) is 12.8 Å². The van der Waals surface area contributed by atoms with Crippen molar-refractivity contribution in [1.29, 1.82) is 0 Å². The van der Waals surface area contributed by atoms with E-state index >= 15 is 0 Å². The van der Waals surface area contributed by atoms with E-state index in [1.165, 1.54) is 138 Å². The van der Waals surface area contributed by atoms with Gasteiger partial charge in [-0.25, -0.2) is 26.4 Å². The molecule has 2 aromatic rings. The van der Waals surface area contributed by atoms with Gasteiger partial charge in [-0.15, -0.1) is 0 Å². The van der Waals surface area contributed by atoms with Crippen LogP contribution in [0, 0.1) is 11.8 Å². The molecule has 5 rings (SSSR count). The Morgan fingerprint density at radius 1 is 0.711 bits per heavy atom. The van der Waals surface area contributed by atoms with Gasteiger partial charge in [-0.1, -0.05) is 141 Å². The molecule has 1 saturated heterocycles. The summed E-state index contributed by atoms with van der Waals surface area (Å²) in [6.07, 6.45) is 30.0. The lowest BCUT2D eigenvalue weighted by molar-refractivity contribution is -0.205. The second-order valence-corrected chi connectivity index (χ2v) is 29.0. The third-order valence-corrected chi connectivity index (χ3v) is 20.3. The number of nitrogens with zero attached hydrogens (tertiary/aromatic N) is 4. The first-order valence-electron chi connectivity index (χ1n) is 27.6. The Morgan fingerprint density at radius 2 is 1.16 bits per heavy atom. The normalized spacial score (nSPS) is 19.4. The van der Waals surface area contributed by atoms with Gasteiger partial charge in [0.2, 0.25) is 0 Å². The van der Waals surface area contributed by atoms with Crippen molar-refractivity contribution < 1.29 is 59.0 Å². The van der Waals surface area contributed by atoms with Crippen molar-refractivity contribution in [1.82, 2.24) is 25.3 Å². The molecule has 0 radical (unpaired) electrons. The highest BCUT2D eigenvalue weighted by atomic mass is 32.2. The quantitative estimate of drug-likeness (QED) is 0.0366. The average Bonchev–Trinajstić information content (AvgIpc) is 3.33. The Morgan fingerprint density at radius 3 is 1.59 bits per heavy atom. The molecule has 2 aliphatic carbocycles. The largest absolute Gasteiger partial charge is 0.777 e. The molecule has 0 bridgehead atoms. The minimum Gasteiger partial charge on any atom is -0.777 e. The van der Waals surface area contributed by atoms with Crippen molar-refractivity contribution in [2.24, 2.45) is 11.8 Å². The van der Waals surface area contributed by atoms with Crippen LogP contribution in [-0.4, -0.2) is 115 Å². The van der Waals surface area contributed by atoms with Crippen LogP contribution in [0.3, 0.4) is 0 Å². The number of unbranched alkanes of at least 4 members (excludes halogenated alkanes) is 14. The zero-order valence-electron chi connectivity index (χ0n) is 45.3. The van der Waals surface area contributed by atoms with Gasteiger partial charge in [0.15, 0.2) is 7.60 Å². The summed E-state index contributed by atoms with van der Waals surface area (Å²) in [5, 5.41) is 9.44. The van der Waals surface area contributed by atoms with E-state index in [1.54, 1.807) is 0 Å². The number of sulfone groups is 2. The Hall–Kier alpha value is -2.60. The maximum atomic E-state index is 12.7. The Balaban J connectivity index is 0.000000395. The lowest BCUT2D eigenvalue weighted by Gasteiger charge is -2.29. The molecule has 1 aliphatic heterocycles. The maximum absolute atomic E-state index is 12.7. The van der Waals surface area contributed by atoms with E-state index < -0.39 is 71.4 Å². The van der Waals surface area contributed by atoms with Gasteiger partial charge >= 0.3 is 19.0 Å². The number of aromatic nitrogens is 4. The number of aliphatic hydroxyl groups is 1. The molecule has 3 aliphatic rings. The molecule has 440 valence electrons. The molecule has 22 nitrogen and oxygen atoms in total. The van der Waals surface area contributed by atoms with Crippen molar-refractivity contribution in [2.75, 3.05) is 73.6 Å². The molecular formula is C50H93N7O15P2S2. The van der Waals surface area contributed by atoms with E-state index in [2.05, 4.69) is 9.97 Å². The van der Waals surface area contributed by atoms with Crippen molar-refractivity contribution in [3.8, 4) is 0 Å². The van der Waals surface area contributed by atoms with Gasteiger partial charge in [-0.3, -0.25) is 13.7 Å². The Labute approximate surface area is 452 Å². The van der Waals surface area contributed by atoms with Crippen LogP contribution in [0.15, 0.2) is 34.1 Å². The maximum Gasteiger partial charge on any atom is 0.356 e. The zero-order valence-corrected chi connectivity index (χ0v) is 48.7. The number of ether oxygens (including phenoxy) is 2. The number of hydrogen-bond donors (Lipinski definition) is 4. The summed E-state index contributed by atoms with van der Waals surface area (Å²) in [4.78, 5) is 42.9. The molecule has 2 unspecified atom stereocenters. The Kier molecular flexibility index (Phi) is 32.6. The number of anilines is 2. The van der Waals surface area contributed by atoms with E-state index in [-0.39, 0.29) is 92.9 Å². The summed E-state index contributed by atoms with van der Waals surface area (Å²) >= 11 is 0. The third-order valence-electron chi connectivity index (χ3n) is 14.0. The third kappa shape index (κ3) is 29.6. The second kappa shape index (κ2) is 36.6. The van der Waals surface area contributed by atoms with Crippen LogP contribution in [0.5, 0.6) is 0 Å². The van der Waals surface area contributed by atoms with Crippen LogP contribution < -0.4 is 33.9 Å². The molecular weight excluding hydrogens is 1060 g/mol. The molecule has 4 atom stereocenters. The lowest BCUT2D eigenvalue weighted by Crippen LogP contribution is -2.35. The summed E-state index contributed by atoms with van der Waals surface area (Å²) in [6, 6.07) is 2.90. The first-order chi connectivity index (χ1) is 35.8. The van der Waals surface area contributed by atoms with Crippen LogP contribution in [0.2, 0.25) is 0 Å². The molecule has 76 heavy (non-hydrogen) atoms. The molecule has 0 aromatic carbocycles. The highest BCUT2D eigenvalue weighted by Crippen LogP contribution is 2.51. The molecule has 0 amide bonds. The van der Waals surface area contributed by atoms with Gasteiger partial charge in [-0.2, -0.15) is 9.97 Å². The molecule has 3 heterocycles. The van der Waals surface area contributed by atoms with Gasteiger partial charge < -0.3 is 55.2 Å². The van der Waals surface area contributed by atoms with Crippen LogP contribution in [-0.2, 0) is 64.9 Å². The summed E-state index contributed by atoms with van der Waals surface area (Å²) < 4.78 is 103. The SMILES string of the molecule is Nc1ccn(C[C@@H](CO)OCP(=O)([O-])OCCCS(=O)(=O)CCCCCCCCCCC2CCC2)c(=O)n1.Nc1ccn(C[C@H]2COP(=O)(OCCCS(=O)(=O)CCCCCCCCCCC3CCC3)CO2)c(=O)n1.[NH4+]. The van der Waals surface area contributed by atoms with Gasteiger partial charge in [-0.05, 0) is 49.7 Å². The van der Waals surface area contributed by atoms with Crippen molar-refractivity contribution >= 4 is 46.5 Å². The number of rotatable bonds is 40. The predicted molar refractivity (Wildman–Crippen MR) is 296 cm³/mol. The summed E-state index contributed by atoms with van der Waals surface area (Å²) in [5.41, 5.74) is 9.75. The zero-order chi connectivity index (χ0) is 54.4. The highest BCUT2D eigenvalue weighted by Gasteiger charge is 2.33. The summed E-state index contributed by atoms with van der Waals surface area (Å²) in [6.45, 7) is -0.726. The van der Waals surface area contributed by atoms with Gasteiger partial charge in [0.05, 0.1) is 68.6 Å². The number of quaternary nitrogens is 1. The molecule has 0 spiro atoms. The molecule has 9 N–H and O–H groups in total. The molecule has 3 fully saturated rings. The predicted octanol–water partition coefficient (Wildman–Crippen LogP) is 7.75. The van der Waals surface area contributed by atoms with Crippen LogP contribution >= 0.6 is 15.2 Å². The fourth-order valence-corrected chi connectivity index (χ4v) is 14.1. The Bertz CT molecular complexity index is 2360. The fraction of sp³-hybridized carbons (Fsp3) is 0.840. The number of hydrogen-bond acceptors (Lipinski definition) is 19. The van der Waals surface area contributed by atoms with Gasteiger partial charge in [0, 0.05) is 12.4 Å². The van der Waals surface area contributed by atoms with Crippen molar-refractivity contribution in [3.05, 3.63) is 45.5 Å². The first kappa shape index (κ1) is 67.7. The standard InChI is InChI=1S/C25H46N3O8PS.C25H44N3O7PS.H3N/c26-24-14-15-28(25(30)27-24)19-23(20-29)35-21-37(31,32)36-16-10-18-38(33,34)17-8-6-4-2-1-3-5-7-11-22-12-9-13-22;26-24-14-15-28(25(29)27-24)19-23-20-35-36(30,21-33-23)34-16-10-18-37(31,32)17-8-6-4-2-1-3-5-7-11-22-12-9-13-22;/h14-15,22-23,29H,1-13,16-21H2,(H,31,32)(H2,26,27,30);14-15,22-23H,1-13,16-21H2,(H2,26,27,29);1H3/t23-;23-,36?;/m00./s1. The summed E-state index contributed by atoms with van der Waals surface area (Å²) in [5.74, 6) is 2.34. The number of nitrogens with two attached hydrogens (primary N) is 2. The topological polar surface area (TPSA) is 350 Å². The smallest absolute Gasteiger partial charge is 0.356 e. The molecule has 26 heteroatoms. The van der Waals surface area contributed by atoms with Crippen LogP contribution in [0.4, 0.5) is 11.6 Å². The highest BCUT2D eigenvalue weighted by molar-refractivity contribution is 7.91. The van der Waals surface area contributed by atoms with Gasteiger partial charge in [0.1, 0.15) is 50.1 Å². The second-order valence-electron chi connectivity index (χ2n) is 20.6. The molecule has 2 aromatic heterocycles. The van der Waals surface area contributed by atoms with Crippen LogP contribution in [0.1, 0.15) is 167 Å². The molecule has 2 saturated carbocycles. The van der Waals surface area contributed by atoms with Gasteiger partial charge in [0.25, 0.3) is 0 Å². The van der Waals surface area contributed by atoms with Crippen LogP contribution in [0.25, 0.3) is 0 Å². The number of aliphatic hydroxyl groups excluding tert-OH is 1. The van der Waals surface area contributed by atoms with Crippen molar-refractivity contribution in [3.63, 3.8) is 0 Å². The monoisotopic (exact) mass is 1160 g/mol. The lowest BCUT2D eigenvalue weighted by atomic mass is 9.81.